The fraction of sp³-hybridized carbons (Fsp3) is 0.333. The van der Waals surface area contributed by atoms with Crippen LogP contribution in [-0.2, 0) is 9.59 Å². The zero-order valence-corrected chi connectivity index (χ0v) is 10.3. The molecule has 1 fully saturated rings. The average molecular weight is 250 g/mol. The van der Waals surface area contributed by atoms with Crippen molar-refractivity contribution in [2.45, 2.75) is 12.1 Å². The van der Waals surface area contributed by atoms with Gasteiger partial charge in [-0.05, 0) is 11.8 Å². The first kappa shape index (κ1) is 12.0. The number of thioether (sulfide) groups is 1. The summed E-state index contributed by atoms with van der Waals surface area (Å²) in [6.07, 6.45) is 1.91. The van der Waals surface area contributed by atoms with Crippen LogP contribution < -0.4 is 10.6 Å². The Bertz CT molecular complexity index is 422. The first-order valence-corrected chi connectivity index (χ1v) is 6.76. The maximum atomic E-state index is 11.9. The first-order valence-electron chi connectivity index (χ1n) is 5.37. The number of hydrogen-bond donors (Lipinski definition) is 2. The minimum absolute atomic E-state index is 0.118. The van der Waals surface area contributed by atoms with E-state index in [0.717, 1.165) is 5.56 Å². The van der Waals surface area contributed by atoms with Gasteiger partial charge in [0.05, 0.1) is 0 Å². The Balaban J connectivity index is 2.13. The van der Waals surface area contributed by atoms with Crippen molar-refractivity contribution in [2.75, 3.05) is 12.0 Å². The normalized spacial score (nSPS) is 24.1. The molecule has 1 unspecified atom stereocenters. The molecule has 0 saturated carbocycles. The number of amides is 2. The van der Waals surface area contributed by atoms with E-state index in [1.807, 2.05) is 36.6 Å². The predicted molar refractivity (Wildman–Crippen MR) is 67.6 cm³/mol. The summed E-state index contributed by atoms with van der Waals surface area (Å²) in [5.41, 5.74) is 0.806. The van der Waals surface area contributed by atoms with Crippen LogP contribution in [0.1, 0.15) is 11.6 Å². The van der Waals surface area contributed by atoms with Gasteiger partial charge in [-0.1, -0.05) is 30.3 Å². The fourth-order valence-corrected chi connectivity index (χ4v) is 2.36. The Labute approximate surface area is 104 Å². The van der Waals surface area contributed by atoms with Crippen molar-refractivity contribution in [3.63, 3.8) is 0 Å². The minimum Gasteiger partial charge on any atom is -0.341 e. The van der Waals surface area contributed by atoms with Crippen LogP contribution in [0.2, 0.25) is 0 Å². The Kier molecular flexibility index (Phi) is 3.68. The SMILES string of the molecule is CSCC1NC(=O)[C@@H](c2ccccc2)NC1=O. The lowest BCUT2D eigenvalue weighted by Crippen LogP contribution is -2.58. The molecule has 2 amide bonds. The Morgan fingerprint density at radius 3 is 2.47 bits per heavy atom. The van der Waals surface area contributed by atoms with E-state index in [1.54, 1.807) is 0 Å². The molecule has 0 aromatic heterocycles. The number of hydrogen-bond acceptors (Lipinski definition) is 3. The van der Waals surface area contributed by atoms with E-state index in [1.165, 1.54) is 11.8 Å². The van der Waals surface area contributed by atoms with Gasteiger partial charge in [-0.15, -0.1) is 0 Å². The number of rotatable bonds is 3. The smallest absolute Gasteiger partial charge is 0.247 e. The molecule has 2 rings (SSSR count). The van der Waals surface area contributed by atoms with E-state index in [2.05, 4.69) is 10.6 Å². The zero-order chi connectivity index (χ0) is 12.3. The number of piperazine rings is 1. The van der Waals surface area contributed by atoms with E-state index in [4.69, 9.17) is 0 Å². The molecule has 0 radical (unpaired) electrons. The van der Waals surface area contributed by atoms with Gasteiger partial charge in [0, 0.05) is 5.75 Å². The van der Waals surface area contributed by atoms with Crippen LogP contribution >= 0.6 is 11.8 Å². The van der Waals surface area contributed by atoms with E-state index in [0.29, 0.717) is 5.75 Å². The van der Waals surface area contributed by atoms with Gasteiger partial charge in [0.15, 0.2) is 0 Å². The quantitative estimate of drug-likeness (QED) is 0.830. The molecule has 2 atom stereocenters. The molecule has 1 saturated heterocycles. The van der Waals surface area contributed by atoms with Gasteiger partial charge in [0.25, 0.3) is 0 Å². The lowest BCUT2D eigenvalue weighted by molar-refractivity contribution is -0.136. The lowest BCUT2D eigenvalue weighted by atomic mass is 10.0. The van der Waals surface area contributed by atoms with Crippen molar-refractivity contribution in [3.8, 4) is 0 Å². The third kappa shape index (κ3) is 2.61. The summed E-state index contributed by atoms with van der Waals surface area (Å²) in [7, 11) is 0. The highest BCUT2D eigenvalue weighted by atomic mass is 32.2. The summed E-state index contributed by atoms with van der Waals surface area (Å²) >= 11 is 1.54. The summed E-state index contributed by atoms with van der Waals surface area (Å²) in [4.78, 5) is 23.7. The van der Waals surface area contributed by atoms with Crippen LogP contribution in [0, 0.1) is 0 Å². The highest BCUT2D eigenvalue weighted by molar-refractivity contribution is 7.98. The number of nitrogens with one attached hydrogen (secondary N) is 2. The number of carbonyl (C=O) groups excluding carboxylic acids is 2. The second-order valence-electron chi connectivity index (χ2n) is 3.87. The molecular formula is C12H14N2O2S. The van der Waals surface area contributed by atoms with Crippen LogP contribution in [0.5, 0.6) is 0 Å². The van der Waals surface area contributed by atoms with E-state index in [-0.39, 0.29) is 11.8 Å². The van der Waals surface area contributed by atoms with Crippen molar-refractivity contribution < 1.29 is 9.59 Å². The summed E-state index contributed by atoms with van der Waals surface area (Å²) in [6, 6.07) is 8.26. The van der Waals surface area contributed by atoms with E-state index in [9.17, 15) is 9.59 Å². The van der Waals surface area contributed by atoms with Gasteiger partial charge in [-0.2, -0.15) is 11.8 Å². The molecule has 0 bridgehead atoms. The van der Waals surface area contributed by atoms with E-state index >= 15 is 0 Å². The molecule has 2 N–H and O–H groups in total. The summed E-state index contributed by atoms with van der Waals surface area (Å²) in [5.74, 6) is 0.335. The monoisotopic (exact) mass is 250 g/mol. The highest BCUT2D eigenvalue weighted by Gasteiger charge is 2.33. The maximum Gasteiger partial charge on any atom is 0.247 e. The van der Waals surface area contributed by atoms with Gasteiger partial charge in [-0.3, -0.25) is 9.59 Å². The number of carbonyl (C=O) groups is 2. The summed E-state index contributed by atoms with van der Waals surface area (Å²) in [5, 5.41) is 5.50. The van der Waals surface area contributed by atoms with Crippen molar-refractivity contribution in [1.29, 1.82) is 0 Å². The predicted octanol–water partition coefficient (Wildman–Crippen LogP) is 0.705. The standard InChI is InChI=1S/C12H14N2O2S/c1-17-7-9-11(15)14-10(12(16)13-9)8-5-3-2-4-6-8/h2-6,9-10H,7H2,1H3,(H,13,16)(H,14,15)/t9?,10-/m1/s1. The molecule has 1 heterocycles. The molecule has 5 heteroatoms. The topological polar surface area (TPSA) is 58.2 Å². The van der Waals surface area contributed by atoms with Crippen molar-refractivity contribution in [3.05, 3.63) is 35.9 Å². The molecule has 90 valence electrons. The summed E-state index contributed by atoms with van der Waals surface area (Å²) < 4.78 is 0. The molecule has 17 heavy (non-hydrogen) atoms. The zero-order valence-electron chi connectivity index (χ0n) is 9.47. The fourth-order valence-electron chi connectivity index (χ4n) is 1.79. The van der Waals surface area contributed by atoms with Crippen LogP contribution in [0.4, 0.5) is 0 Å². The molecule has 1 aromatic rings. The van der Waals surface area contributed by atoms with Crippen molar-refractivity contribution in [1.82, 2.24) is 10.6 Å². The molecular weight excluding hydrogens is 236 g/mol. The van der Waals surface area contributed by atoms with Crippen LogP contribution in [-0.4, -0.2) is 29.9 Å². The van der Waals surface area contributed by atoms with Crippen LogP contribution in [0.15, 0.2) is 30.3 Å². The third-order valence-corrected chi connectivity index (χ3v) is 3.31. The maximum absolute atomic E-state index is 11.9. The Hall–Kier alpha value is -1.49. The lowest BCUT2D eigenvalue weighted by Gasteiger charge is -2.29. The summed E-state index contributed by atoms with van der Waals surface area (Å²) in [6.45, 7) is 0. The molecule has 4 nitrogen and oxygen atoms in total. The second kappa shape index (κ2) is 5.23. The molecule has 0 aliphatic carbocycles. The van der Waals surface area contributed by atoms with Gasteiger partial charge in [-0.25, -0.2) is 0 Å². The van der Waals surface area contributed by atoms with Crippen LogP contribution in [0.25, 0.3) is 0 Å². The van der Waals surface area contributed by atoms with Crippen LogP contribution in [0.3, 0.4) is 0 Å². The Morgan fingerprint density at radius 1 is 1.12 bits per heavy atom. The van der Waals surface area contributed by atoms with Crippen molar-refractivity contribution in [2.24, 2.45) is 0 Å². The number of benzene rings is 1. The molecule has 0 spiro atoms. The first-order chi connectivity index (χ1) is 8.22. The Morgan fingerprint density at radius 2 is 1.82 bits per heavy atom. The van der Waals surface area contributed by atoms with Crippen molar-refractivity contribution >= 4 is 23.6 Å². The largest absolute Gasteiger partial charge is 0.341 e. The molecule has 1 aliphatic heterocycles. The minimum atomic E-state index is -0.568. The second-order valence-corrected chi connectivity index (χ2v) is 4.78. The van der Waals surface area contributed by atoms with Gasteiger partial charge in [0.2, 0.25) is 11.8 Å². The third-order valence-electron chi connectivity index (χ3n) is 2.65. The molecule has 1 aliphatic rings. The highest BCUT2D eigenvalue weighted by Crippen LogP contribution is 2.16. The van der Waals surface area contributed by atoms with Gasteiger partial charge in [0.1, 0.15) is 12.1 Å². The molecule has 1 aromatic carbocycles. The van der Waals surface area contributed by atoms with E-state index < -0.39 is 12.1 Å². The van der Waals surface area contributed by atoms with Gasteiger partial charge < -0.3 is 10.6 Å². The average Bonchev–Trinajstić information content (AvgIpc) is 2.35. The van der Waals surface area contributed by atoms with Gasteiger partial charge >= 0.3 is 0 Å².